The summed E-state index contributed by atoms with van der Waals surface area (Å²) in [5.74, 6) is 4.52. The second-order valence-corrected chi connectivity index (χ2v) is 8.98. The second kappa shape index (κ2) is 5.76. The zero-order valence-corrected chi connectivity index (χ0v) is 14.2. The van der Waals surface area contributed by atoms with Gasteiger partial charge in [0.05, 0.1) is 4.01 Å². The highest BCUT2D eigenvalue weighted by Crippen LogP contribution is 2.39. The molecule has 102 valence electrons. The maximum absolute atomic E-state index is 2.37. The lowest BCUT2D eigenvalue weighted by Crippen LogP contribution is -1.89. The molecule has 0 atom stereocenters. The van der Waals surface area contributed by atoms with Gasteiger partial charge in [0.1, 0.15) is 0 Å². The molecular formula is C16H14S4. The Labute approximate surface area is 135 Å². The molecule has 2 aromatic heterocycles. The molecule has 0 fully saturated rings. The predicted molar refractivity (Wildman–Crippen MR) is 96.1 cm³/mol. The van der Waals surface area contributed by atoms with Crippen molar-refractivity contribution in [3.8, 4) is 0 Å². The minimum Gasteiger partial charge on any atom is -0.152 e. The molecule has 0 amide bonds. The molecule has 0 nitrogen and oxygen atoms in total. The monoisotopic (exact) mass is 334 g/mol. The van der Waals surface area contributed by atoms with Gasteiger partial charge in [0.2, 0.25) is 0 Å². The van der Waals surface area contributed by atoms with E-state index in [4.69, 9.17) is 0 Å². The molecular weight excluding hydrogens is 320 g/mol. The van der Waals surface area contributed by atoms with Crippen LogP contribution in [0.4, 0.5) is 0 Å². The fraction of sp³-hybridized carbons (Fsp3) is 0.250. The van der Waals surface area contributed by atoms with Crippen LogP contribution in [0.1, 0.15) is 22.3 Å². The number of thiophene rings is 2. The minimum atomic E-state index is 1.12. The van der Waals surface area contributed by atoms with Gasteiger partial charge in [0, 0.05) is 28.4 Å². The molecule has 0 saturated heterocycles. The van der Waals surface area contributed by atoms with Gasteiger partial charge >= 0.3 is 0 Å². The van der Waals surface area contributed by atoms with E-state index >= 15 is 0 Å². The first-order valence-electron chi connectivity index (χ1n) is 6.60. The van der Waals surface area contributed by atoms with Gasteiger partial charge in [0.25, 0.3) is 0 Å². The highest BCUT2D eigenvalue weighted by atomic mass is 32.2. The average molecular weight is 335 g/mol. The second-order valence-electron chi connectivity index (χ2n) is 4.99. The Morgan fingerprint density at radius 2 is 1.35 bits per heavy atom. The molecule has 2 bridgehead atoms. The van der Waals surface area contributed by atoms with Crippen LogP contribution < -0.4 is 0 Å². The van der Waals surface area contributed by atoms with E-state index < -0.39 is 0 Å². The molecule has 1 aromatic carbocycles. The lowest BCUT2D eigenvalue weighted by Gasteiger charge is -2.08. The third-order valence-corrected chi connectivity index (χ3v) is 7.83. The highest BCUT2D eigenvalue weighted by Gasteiger charge is 2.12. The lowest BCUT2D eigenvalue weighted by atomic mass is 10.2. The van der Waals surface area contributed by atoms with Crippen molar-refractivity contribution in [1.29, 1.82) is 0 Å². The summed E-state index contributed by atoms with van der Waals surface area (Å²) >= 11 is 7.91. The van der Waals surface area contributed by atoms with E-state index in [2.05, 4.69) is 35.0 Å². The summed E-state index contributed by atoms with van der Waals surface area (Å²) in [5.41, 5.74) is 6.02. The van der Waals surface area contributed by atoms with E-state index in [9.17, 15) is 0 Å². The summed E-state index contributed by atoms with van der Waals surface area (Å²) in [6.07, 6.45) is 0. The Kier molecular flexibility index (Phi) is 3.82. The normalized spacial score (nSPS) is 15.8. The first-order chi connectivity index (χ1) is 9.90. The van der Waals surface area contributed by atoms with Gasteiger partial charge in [-0.1, -0.05) is 24.3 Å². The van der Waals surface area contributed by atoms with Gasteiger partial charge in [0.15, 0.2) is 0 Å². The van der Waals surface area contributed by atoms with E-state index in [-0.39, 0.29) is 0 Å². The number of benzene rings is 1. The van der Waals surface area contributed by atoms with Crippen LogP contribution in [0.3, 0.4) is 0 Å². The largest absolute Gasteiger partial charge is 0.152 e. The Morgan fingerprint density at radius 3 is 1.95 bits per heavy atom. The van der Waals surface area contributed by atoms with Crippen molar-refractivity contribution in [3.63, 3.8) is 0 Å². The average Bonchev–Trinajstić information content (AvgIpc) is 3.02. The number of rotatable bonds is 0. The van der Waals surface area contributed by atoms with Crippen LogP contribution in [0.15, 0.2) is 35.0 Å². The predicted octanol–water partition coefficient (Wildman–Crippen LogP) is 6.14. The first-order valence-corrected chi connectivity index (χ1v) is 10.7. The van der Waals surface area contributed by atoms with Gasteiger partial charge in [-0.3, -0.25) is 0 Å². The molecule has 0 aliphatic carbocycles. The fourth-order valence-corrected chi connectivity index (χ4v) is 6.87. The Bertz CT molecular complexity index is 683. The number of hydrogen-bond acceptors (Lipinski definition) is 4. The van der Waals surface area contributed by atoms with Crippen molar-refractivity contribution in [1.82, 2.24) is 0 Å². The smallest absolute Gasteiger partial charge is 0.0871 e. The number of thioether (sulfide) groups is 2. The zero-order chi connectivity index (χ0) is 13.4. The van der Waals surface area contributed by atoms with Crippen LogP contribution in [0.5, 0.6) is 0 Å². The summed E-state index contributed by atoms with van der Waals surface area (Å²) < 4.78 is 1.51. The molecule has 1 aliphatic rings. The lowest BCUT2D eigenvalue weighted by molar-refractivity contribution is 1.31. The van der Waals surface area contributed by atoms with E-state index in [0.717, 1.165) is 23.0 Å². The summed E-state index contributed by atoms with van der Waals surface area (Å²) in [5, 5.41) is 6.29. The van der Waals surface area contributed by atoms with Crippen molar-refractivity contribution < 1.29 is 0 Å². The summed E-state index contributed by atoms with van der Waals surface area (Å²) in [6, 6.07) is 9.09. The quantitative estimate of drug-likeness (QED) is 0.484. The van der Waals surface area contributed by atoms with Crippen molar-refractivity contribution >= 4 is 55.6 Å². The standard InChI is InChI=1S/C16H14S4/c1-2-11-4-12(3-1)6-18-8-14-10-20-16-15(14)13(9-19-16)7-17-5-11/h1-4,9-10H,5-8H2. The molecule has 0 unspecified atom stereocenters. The van der Waals surface area contributed by atoms with Gasteiger partial charge in [-0.25, -0.2) is 0 Å². The van der Waals surface area contributed by atoms with Crippen LogP contribution in [0, 0.1) is 0 Å². The molecule has 3 aromatic rings. The van der Waals surface area contributed by atoms with Crippen molar-refractivity contribution in [2.75, 3.05) is 0 Å². The van der Waals surface area contributed by atoms with Gasteiger partial charge in [-0.05, 0) is 33.0 Å². The summed E-state index contributed by atoms with van der Waals surface area (Å²) in [4.78, 5) is 0. The van der Waals surface area contributed by atoms with Crippen LogP contribution in [-0.2, 0) is 23.0 Å². The third kappa shape index (κ3) is 2.54. The Balaban J connectivity index is 1.70. The molecule has 4 rings (SSSR count). The molecule has 20 heavy (non-hydrogen) atoms. The number of fused-ring (bicyclic) bond motifs is 2. The summed E-state index contributed by atoms with van der Waals surface area (Å²) in [6.45, 7) is 0. The maximum atomic E-state index is 2.37. The fourth-order valence-electron chi connectivity index (χ4n) is 2.56. The van der Waals surface area contributed by atoms with Crippen LogP contribution >= 0.6 is 46.2 Å². The third-order valence-electron chi connectivity index (χ3n) is 3.51. The van der Waals surface area contributed by atoms with E-state index in [1.807, 2.05) is 46.2 Å². The van der Waals surface area contributed by atoms with E-state index in [1.165, 1.54) is 15.1 Å². The van der Waals surface area contributed by atoms with Crippen molar-refractivity contribution in [3.05, 3.63) is 57.3 Å². The molecule has 4 heteroatoms. The summed E-state index contributed by atoms with van der Waals surface area (Å²) in [7, 11) is 0. The minimum absolute atomic E-state index is 1.12. The Morgan fingerprint density at radius 1 is 0.750 bits per heavy atom. The SMILES string of the molecule is c1cc2cc(c1)CSCc1csc3scc(c13)CSC2. The van der Waals surface area contributed by atoms with Gasteiger partial charge in [-0.2, -0.15) is 23.5 Å². The van der Waals surface area contributed by atoms with Gasteiger partial charge in [-0.15, -0.1) is 22.7 Å². The van der Waals surface area contributed by atoms with Crippen LogP contribution in [0.2, 0.25) is 0 Å². The van der Waals surface area contributed by atoms with E-state index in [0.29, 0.717) is 0 Å². The number of hydrogen-bond donors (Lipinski definition) is 0. The van der Waals surface area contributed by atoms with Crippen molar-refractivity contribution in [2.24, 2.45) is 0 Å². The van der Waals surface area contributed by atoms with Gasteiger partial charge < -0.3 is 0 Å². The topological polar surface area (TPSA) is 0 Å². The van der Waals surface area contributed by atoms with Crippen molar-refractivity contribution in [2.45, 2.75) is 23.0 Å². The van der Waals surface area contributed by atoms with Crippen LogP contribution in [0.25, 0.3) is 9.40 Å². The molecule has 1 aliphatic heterocycles. The highest BCUT2D eigenvalue weighted by molar-refractivity contribution is 7.98. The first kappa shape index (κ1) is 13.3. The molecule has 0 radical (unpaired) electrons. The Hall–Kier alpha value is -0.420. The maximum Gasteiger partial charge on any atom is 0.0871 e. The molecule has 0 spiro atoms. The molecule has 0 N–H and O–H groups in total. The van der Waals surface area contributed by atoms with Crippen LogP contribution in [-0.4, -0.2) is 0 Å². The molecule has 0 saturated carbocycles. The zero-order valence-electron chi connectivity index (χ0n) is 10.9. The molecule has 3 heterocycles. The van der Waals surface area contributed by atoms with E-state index in [1.54, 1.807) is 16.5 Å².